The van der Waals surface area contributed by atoms with Crippen molar-refractivity contribution in [2.75, 3.05) is 4.90 Å². The maximum Gasteiger partial charge on any atom is 0.0540 e. The minimum Gasteiger partial charge on any atom is -0.309 e. The zero-order valence-electron chi connectivity index (χ0n) is 40.3. The number of fused-ring (bicyclic) bond motifs is 8. The fourth-order valence-corrected chi connectivity index (χ4v) is 12.1. The van der Waals surface area contributed by atoms with Crippen LogP contribution in [0.3, 0.4) is 0 Å². The van der Waals surface area contributed by atoms with Crippen molar-refractivity contribution in [3.05, 3.63) is 272 Å². The van der Waals surface area contributed by atoms with Gasteiger partial charge < -0.3 is 4.90 Å². The quantitative estimate of drug-likeness (QED) is 0.144. The molecule has 13 aromatic carbocycles. The van der Waals surface area contributed by atoms with Crippen LogP contribution in [0.25, 0.3) is 109 Å². The van der Waals surface area contributed by atoms with E-state index in [1.165, 1.54) is 121 Å². The zero-order chi connectivity index (χ0) is 47.9. The van der Waals surface area contributed by atoms with Crippen LogP contribution in [0, 0.1) is 0 Å². The van der Waals surface area contributed by atoms with Crippen LogP contribution < -0.4 is 4.90 Å². The van der Waals surface area contributed by atoms with Crippen LogP contribution in [-0.4, -0.2) is 0 Å². The van der Waals surface area contributed by atoms with Gasteiger partial charge in [-0.1, -0.05) is 214 Å². The summed E-state index contributed by atoms with van der Waals surface area (Å²) in [7, 11) is 0. The van der Waals surface area contributed by atoms with E-state index in [-0.39, 0.29) is 5.41 Å². The van der Waals surface area contributed by atoms with E-state index in [4.69, 9.17) is 0 Å². The summed E-state index contributed by atoms with van der Waals surface area (Å²) in [5.41, 5.74) is 18.2. The van der Waals surface area contributed by atoms with Crippen molar-refractivity contribution in [2.45, 2.75) is 19.3 Å². The highest BCUT2D eigenvalue weighted by molar-refractivity contribution is 6.24. The van der Waals surface area contributed by atoms with Gasteiger partial charge in [-0.25, -0.2) is 0 Å². The van der Waals surface area contributed by atoms with Gasteiger partial charge in [0.05, 0.1) is 11.4 Å². The van der Waals surface area contributed by atoms with Gasteiger partial charge in [0, 0.05) is 21.9 Å². The average molecular weight is 916 g/mol. The highest BCUT2D eigenvalue weighted by Gasteiger charge is 2.37. The lowest BCUT2D eigenvalue weighted by Crippen LogP contribution is -2.17. The molecule has 0 bridgehead atoms. The second-order valence-electron chi connectivity index (χ2n) is 20.0. The Kier molecular flexibility index (Phi) is 9.63. The number of hydrogen-bond donors (Lipinski definition) is 0. The zero-order valence-corrected chi connectivity index (χ0v) is 40.3. The first-order valence-corrected chi connectivity index (χ1v) is 25.2. The summed E-state index contributed by atoms with van der Waals surface area (Å²) < 4.78 is 0. The van der Waals surface area contributed by atoms with Gasteiger partial charge in [0.25, 0.3) is 0 Å². The molecule has 1 aliphatic rings. The van der Waals surface area contributed by atoms with Crippen molar-refractivity contribution in [3.8, 4) is 55.6 Å². The molecule has 0 saturated heterocycles. The summed E-state index contributed by atoms with van der Waals surface area (Å²) in [6, 6.07) is 97.0. The van der Waals surface area contributed by atoms with E-state index >= 15 is 0 Å². The number of hydrogen-bond acceptors (Lipinski definition) is 1. The summed E-state index contributed by atoms with van der Waals surface area (Å²) in [6.07, 6.45) is 0. The standard InChI is InChI=1S/C71H49N/c1-71(2)65-44-52(35-37-59(65)60-38-36-56(45-66(60)71)72(67-33-17-27-48-23-11-13-29-57(48)67)68-34-18-28-49-24-12-14-30-58(49)68)69-61-31-15-16-32-62(61)70(64-43-51-26-10-9-25-50(51)42-63(64)69)55-40-53(46-19-5-3-6-20-46)39-54(41-55)47-21-7-4-8-22-47/h3-45H,1-2H3. The third-order valence-corrected chi connectivity index (χ3v) is 15.5. The average Bonchev–Trinajstić information content (AvgIpc) is 3.66. The molecular weight excluding hydrogens is 867 g/mol. The Balaban J connectivity index is 0.968. The van der Waals surface area contributed by atoms with Crippen molar-refractivity contribution >= 4 is 70.9 Å². The van der Waals surface area contributed by atoms with E-state index < -0.39 is 0 Å². The van der Waals surface area contributed by atoms with Gasteiger partial charge in [-0.3, -0.25) is 0 Å². The highest BCUT2D eigenvalue weighted by Crippen LogP contribution is 2.54. The first kappa shape index (κ1) is 41.9. The van der Waals surface area contributed by atoms with Crippen LogP contribution in [0.1, 0.15) is 25.0 Å². The third kappa shape index (κ3) is 6.69. The summed E-state index contributed by atoms with van der Waals surface area (Å²) >= 11 is 0. The Morgan fingerprint density at radius 3 is 1.22 bits per heavy atom. The fraction of sp³-hybridized carbons (Fsp3) is 0.0423. The van der Waals surface area contributed by atoms with Gasteiger partial charge in [-0.05, 0) is 171 Å². The van der Waals surface area contributed by atoms with Crippen molar-refractivity contribution < 1.29 is 0 Å². The molecule has 0 N–H and O–H groups in total. The Bertz CT molecular complexity index is 4150. The molecule has 0 heterocycles. The first-order chi connectivity index (χ1) is 35.5. The van der Waals surface area contributed by atoms with E-state index in [0.717, 1.165) is 17.1 Å². The molecule has 0 atom stereocenters. The monoisotopic (exact) mass is 915 g/mol. The number of benzene rings is 13. The molecule has 0 saturated carbocycles. The van der Waals surface area contributed by atoms with Gasteiger partial charge in [0.2, 0.25) is 0 Å². The molecule has 1 aliphatic carbocycles. The lowest BCUT2D eigenvalue weighted by molar-refractivity contribution is 0.660. The van der Waals surface area contributed by atoms with E-state index in [1.807, 2.05) is 0 Å². The molecule has 1 nitrogen and oxygen atoms in total. The molecule has 0 spiro atoms. The van der Waals surface area contributed by atoms with E-state index in [9.17, 15) is 0 Å². The van der Waals surface area contributed by atoms with Crippen molar-refractivity contribution in [1.29, 1.82) is 0 Å². The molecule has 0 radical (unpaired) electrons. The molecule has 1 heteroatoms. The Hall–Kier alpha value is -9.04. The summed E-state index contributed by atoms with van der Waals surface area (Å²) in [6.45, 7) is 4.84. The normalized spacial score (nSPS) is 12.7. The van der Waals surface area contributed by atoms with Gasteiger partial charge >= 0.3 is 0 Å². The van der Waals surface area contributed by atoms with Crippen LogP contribution in [0.4, 0.5) is 17.1 Å². The second kappa shape index (κ2) is 16.5. The summed E-state index contributed by atoms with van der Waals surface area (Å²) in [4.78, 5) is 2.48. The predicted molar refractivity (Wildman–Crippen MR) is 308 cm³/mol. The van der Waals surface area contributed by atoms with Gasteiger partial charge in [0.15, 0.2) is 0 Å². The van der Waals surface area contributed by atoms with Crippen LogP contribution in [0.15, 0.2) is 261 Å². The Morgan fingerprint density at radius 1 is 0.264 bits per heavy atom. The fourth-order valence-electron chi connectivity index (χ4n) is 12.1. The lowest BCUT2D eigenvalue weighted by Gasteiger charge is -2.30. The Labute approximate surface area is 420 Å². The summed E-state index contributed by atoms with van der Waals surface area (Å²) in [5, 5.41) is 12.4. The maximum atomic E-state index is 2.52. The smallest absolute Gasteiger partial charge is 0.0540 e. The number of nitrogens with zero attached hydrogens (tertiary/aromatic N) is 1. The van der Waals surface area contributed by atoms with Crippen LogP contribution in [0.5, 0.6) is 0 Å². The van der Waals surface area contributed by atoms with Crippen LogP contribution in [0.2, 0.25) is 0 Å². The summed E-state index contributed by atoms with van der Waals surface area (Å²) in [5.74, 6) is 0. The van der Waals surface area contributed by atoms with Crippen molar-refractivity contribution in [3.63, 3.8) is 0 Å². The lowest BCUT2D eigenvalue weighted by atomic mass is 9.80. The molecule has 0 aromatic heterocycles. The van der Waals surface area contributed by atoms with E-state index in [0.29, 0.717) is 0 Å². The topological polar surface area (TPSA) is 3.24 Å². The molecular formula is C71H49N. The van der Waals surface area contributed by atoms with Crippen molar-refractivity contribution in [1.82, 2.24) is 0 Å². The minimum absolute atomic E-state index is 0.288. The van der Waals surface area contributed by atoms with Crippen LogP contribution >= 0.6 is 0 Å². The Morgan fingerprint density at radius 2 is 0.681 bits per heavy atom. The molecule has 13 aromatic rings. The maximum absolute atomic E-state index is 2.52. The highest BCUT2D eigenvalue weighted by atomic mass is 15.1. The third-order valence-electron chi connectivity index (χ3n) is 15.5. The van der Waals surface area contributed by atoms with Crippen LogP contribution in [-0.2, 0) is 5.41 Å². The number of anilines is 3. The predicted octanol–water partition coefficient (Wildman–Crippen LogP) is 19.9. The van der Waals surface area contributed by atoms with Crippen molar-refractivity contribution in [2.24, 2.45) is 0 Å². The van der Waals surface area contributed by atoms with Gasteiger partial charge in [0.1, 0.15) is 0 Å². The molecule has 338 valence electrons. The molecule has 0 amide bonds. The minimum atomic E-state index is -0.288. The molecule has 72 heavy (non-hydrogen) atoms. The SMILES string of the molecule is CC1(C)c2cc(-c3c4ccccc4c(-c4cc(-c5ccccc5)cc(-c5ccccc5)c4)c4cc5ccccc5cc34)ccc2-c2ccc(N(c3cccc4ccccc34)c3cccc4ccccc34)cc21. The second-order valence-corrected chi connectivity index (χ2v) is 20.0. The van der Waals surface area contributed by atoms with E-state index in [1.54, 1.807) is 0 Å². The molecule has 0 unspecified atom stereocenters. The largest absolute Gasteiger partial charge is 0.309 e. The number of rotatable bonds is 7. The molecule has 0 fully saturated rings. The van der Waals surface area contributed by atoms with Gasteiger partial charge in [-0.2, -0.15) is 0 Å². The van der Waals surface area contributed by atoms with Gasteiger partial charge in [-0.15, -0.1) is 0 Å². The molecule has 0 aliphatic heterocycles. The first-order valence-electron chi connectivity index (χ1n) is 25.2. The molecule has 14 rings (SSSR count). The van der Waals surface area contributed by atoms with E-state index in [2.05, 4.69) is 280 Å².